The number of hydrogen-bond acceptors (Lipinski definition) is 2. The van der Waals surface area contributed by atoms with Crippen LogP contribution in [0.25, 0.3) is 0 Å². The molecule has 2 atom stereocenters. The van der Waals surface area contributed by atoms with Crippen molar-refractivity contribution < 1.29 is 0 Å². The monoisotopic (exact) mass is 224 g/mol. The predicted molar refractivity (Wildman–Crippen MR) is 69.6 cm³/mol. The van der Waals surface area contributed by atoms with Crippen molar-refractivity contribution in [2.75, 3.05) is 26.7 Å². The van der Waals surface area contributed by atoms with Crippen molar-refractivity contribution in [1.82, 2.24) is 10.2 Å². The fourth-order valence-corrected chi connectivity index (χ4v) is 3.44. The van der Waals surface area contributed by atoms with E-state index in [4.69, 9.17) is 0 Å². The summed E-state index contributed by atoms with van der Waals surface area (Å²) < 4.78 is 0. The first kappa shape index (κ1) is 12.4. The van der Waals surface area contributed by atoms with Gasteiger partial charge in [-0.25, -0.2) is 0 Å². The molecule has 16 heavy (non-hydrogen) atoms. The molecule has 0 heterocycles. The fourth-order valence-electron chi connectivity index (χ4n) is 3.44. The molecule has 0 aliphatic heterocycles. The molecular weight excluding hydrogens is 196 g/mol. The van der Waals surface area contributed by atoms with Crippen molar-refractivity contribution in [3.8, 4) is 0 Å². The molecule has 2 aliphatic rings. The minimum atomic E-state index is 0.875. The molecule has 2 saturated carbocycles. The highest BCUT2D eigenvalue weighted by molar-refractivity contribution is 4.89. The van der Waals surface area contributed by atoms with Crippen LogP contribution in [0, 0.1) is 11.8 Å². The molecular formula is C14H28N2. The van der Waals surface area contributed by atoms with E-state index in [2.05, 4.69) is 24.2 Å². The minimum absolute atomic E-state index is 0.875. The van der Waals surface area contributed by atoms with Crippen molar-refractivity contribution in [3.05, 3.63) is 0 Å². The second kappa shape index (κ2) is 6.02. The quantitative estimate of drug-likeness (QED) is 0.746. The van der Waals surface area contributed by atoms with Crippen molar-refractivity contribution in [2.24, 2.45) is 11.8 Å². The average Bonchev–Trinajstić information content (AvgIpc) is 2.69. The van der Waals surface area contributed by atoms with Gasteiger partial charge >= 0.3 is 0 Å². The van der Waals surface area contributed by atoms with Gasteiger partial charge in [0.15, 0.2) is 0 Å². The molecule has 0 radical (unpaired) electrons. The highest BCUT2D eigenvalue weighted by atomic mass is 15.1. The van der Waals surface area contributed by atoms with E-state index in [0.717, 1.165) is 24.4 Å². The largest absolute Gasteiger partial charge is 0.317 e. The van der Waals surface area contributed by atoms with Crippen molar-refractivity contribution >= 4 is 0 Å². The summed E-state index contributed by atoms with van der Waals surface area (Å²) in [6.07, 6.45) is 8.78. The molecule has 0 amide bonds. The second-order valence-electron chi connectivity index (χ2n) is 5.80. The Morgan fingerprint density at radius 3 is 2.44 bits per heavy atom. The Bertz CT molecular complexity index is 199. The summed E-state index contributed by atoms with van der Waals surface area (Å²) in [5.41, 5.74) is 0. The SMILES string of the molecule is CCNCC1CCC1N(C)CC1CCCC1. The van der Waals surface area contributed by atoms with Crippen LogP contribution in [0.2, 0.25) is 0 Å². The van der Waals surface area contributed by atoms with Crippen LogP contribution in [0.1, 0.15) is 45.4 Å². The van der Waals surface area contributed by atoms with E-state index in [1.807, 2.05) is 0 Å². The maximum absolute atomic E-state index is 3.50. The summed E-state index contributed by atoms with van der Waals surface area (Å²) >= 11 is 0. The van der Waals surface area contributed by atoms with Gasteiger partial charge in [0.2, 0.25) is 0 Å². The third kappa shape index (κ3) is 2.98. The average molecular weight is 224 g/mol. The van der Waals surface area contributed by atoms with Crippen LogP contribution in [0.15, 0.2) is 0 Å². The Hall–Kier alpha value is -0.0800. The zero-order valence-electron chi connectivity index (χ0n) is 11.0. The lowest BCUT2D eigenvalue weighted by atomic mass is 9.78. The Balaban J connectivity index is 1.69. The normalized spacial score (nSPS) is 30.9. The van der Waals surface area contributed by atoms with Gasteiger partial charge in [-0.2, -0.15) is 0 Å². The van der Waals surface area contributed by atoms with E-state index in [-0.39, 0.29) is 0 Å². The molecule has 0 aromatic carbocycles. The van der Waals surface area contributed by atoms with Gasteiger partial charge in [0, 0.05) is 12.6 Å². The highest BCUT2D eigenvalue weighted by Gasteiger charge is 2.34. The van der Waals surface area contributed by atoms with Crippen molar-refractivity contribution in [1.29, 1.82) is 0 Å². The molecule has 2 heteroatoms. The van der Waals surface area contributed by atoms with Crippen molar-refractivity contribution in [2.45, 2.75) is 51.5 Å². The minimum Gasteiger partial charge on any atom is -0.317 e. The zero-order chi connectivity index (χ0) is 11.4. The Labute approximate surface area is 101 Å². The Morgan fingerprint density at radius 2 is 1.88 bits per heavy atom. The van der Waals surface area contributed by atoms with Gasteiger partial charge in [-0.1, -0.05) is 19.8 Å². The Kier molecular flexibility index (Phi) is 4.66. The van der Waals surface area contributed by atoms with Crippen LogP contribution >= 0.6 is 0 Å². The highest BCUT2D eigenvalue weighted by Crippen LogP contribution is 2.33. The lowest BCUT2D eigenvalue weighted by molar-refractivity contribution is 0.0718. The smallest absolute Gasteiger partial charge is 0.0133 e. The summed E-state index contributed by atoms with van der Waals surface area (Å²) in [6, 6.07) is 0.875. The molecule has 2 nitrogen and oxygen atoms in total. The van der Waals surface area contributed by atoms with E-state index < -0.39 is 0 Å². The second-order valence-corrected chi connectivity index (χ2v) is 5.80. The van der Waals surface area contributed by atoms with Crippen LogP contribution in [0.4, 0.5) is 0 Å². The van der Waals surface area contributed by atoms with Crippen LogP contribution in [-0.2, 0) is 0 Å². The van der Waals surface area contributed by atoms with Crippen LogP contribution in [-0.4, -0.2) is 37.6 Å². The molecule has 0 aromatic heterocycles. The summed E-state index contributed by atoms with van der Waals surface area (Å²) in [5.74, 6) is 1.93. The standard InChI is InChI=1S/C14H28N2/c1-3-15-10-13-8-9-14(13)16(2)11-12-6-4-5-7-12/h12-15H,3-11H2,1-2H3. The van der Waals surface area contributed by atoms with E-state index in [1.54, 1.807) is 0 Å². The van der Waals surface area contributed by atoms with Gasteiger partial charge in [-0.05, 0) is 57.7 Å². The molecule has 94 valence electrons. The van der Waals surface area contributed by atoms with Gasteiger partial charge in [-0.15, -0.1) is 0 Å². The third-order valence-corrected chi connectivity index (χ3v) is 4.62. The maximum atomic E-state index is 3.50. The molecule has 1 N–H and O–H groups in total. The number of nitrogens with zero attached hydrogens (tertiary/aromatic N) is 1. The van der Waals surface area contributed by atoms with Crippen LogP contribution in [0.3, 0.4) is 0 Å². The molecule has 0 bridgehead atoms. The lowest BCUT2D eigenvalue weighted by Crippen LogP contribution is -2.50. The molecule has 2 fully saturated rings. The Morgan fingerprint density at radius 1 is 1.12 bits per heavy atom. The predicted octanol–water partition coefficient (Wildman–Crippen LogP) is 2.50. The third-order valence-electron chi connectivity index (χ3n) is 4.62. The maximum Gasteiger partial charge on any atom is 0.0133 e. The van der Waals surface area contributed by atoms with Gasteiger partial charge in [0.1, 0.15) is 0 Å². The van der Waals surface area contributed by atoms with Gasteiger partial charge < -0.3 is 10.2 Å². The topological polar surface area (TPSA) is 15.3 Å². The summed E-state index contributed by atoms with van der Waals surface area (Å²) in [7, 11) is 2.35. The number of rotatable bonds is 6. The van der Waals surface area contributed by atoms with E-state index in [1.165, 1.54) is 51.6 Å². The van der Waals surface area contributed by atoms with E-state index in [0.29, 0.717) is 0 Å². The summed E-state index contributed by atoms with van der Waals surface area (Å²) in [5, 5.41) is 3.50. The number of nitrogens with one attached hydrogen (secondary N) is 1. The summed E-state index contributed by atoms with van der Waals surface area (Å²) in [6.45, 7) is 5.91. The molecule has 2 unspecified atom stereocenters. The van der Waals surface area contributed by atoms with Crippen molar-refractivity contribution in [3.63, 3.8) is 0 Å². The molecule has 2 aliphatic carbocycles. The molecule has 0 spiro atoms. The van der Waals surface area contributed by atoms with Gasteiger partial charge in [0.25, 0.3) is 0 Å². The molecule has 0 saturated heterocycles. The van der Waals surface area contributed by atoms with Crippen LogP contribution < -0.4 is 5.32 Å². The fraction of sp³-hybridized carbons (Fsp3) is 1.00. The lowest BCUT2D eigenvalue weighted by Gasteiger charge is -2.43. The van der Waals surface area contributed by atoms with Gasteiger partial charge in [0.05, 0.1) is 0 Å². The number of hydrogen-bond donors (Lipinski definition) is 1. The summed E-state index contributed by atoms with van der Waals surface area (Å²) in [4.78, 5) is 2.65. The molecule has 0 aromatic rings. The zero-order valence-corrected chi connectivity index (χ0v) is 11.0. The van der Waals surface area contributed by atoms with E-state index in [9.17, 15) is 0 Å². The van der Waals surface area contributed by atoms with E-state index >= 15 is 0 Å². The van der Waals surface area contributed by atoms with Crippen LogP contribution in [0.5, 0.6) is 0 Å². The first-order valence-electron chi connectivity index (χ1n) is 7.22. The molecule has 2 rings (SSSR count). The first-order chi connectivity index (χ1) is 7.81. The first-order valence-corrected chi connectivity index (χ1v) is 7.22. The van der Waals surface area contributed by atoms with Gasteiger partial charge in [-0.3, -0.25) is 0 Å².